The highest BCUT2D eigenvalue weighted by molar-refractivity contribution is 8.00. The van der Waals surface area contributed by atoms with E-state index in [1.165, 1.54) is 16.7 Å². The predicted octanol–water partition coefficient (Wildman–Crippen LogP) is 8.59. The molecule has 0 aliphatic carbocycles. The summed E-state index contributed by atoms with van der Waals surface area (Å²) in [5.41, 5.74) is 3.31. The van der Waals surface area contributed by atoms with E-state index in [0.717, 1.165) is 10.6 Å². The molecule has 2 N–H and O–H groups in total. The maximum atomic E-state index is 13.4. The van der Waals surface area contributed by atoms with Gasteiger partial charge in [-0.2, -0.15) is 10.2 Å². The van der Waals surface area contributed by atoms with Crippen LogP contribution in [0.15, 0.2) is 154 Å². The first-order valence-electron chi connectivity index (χ1n) is 15.2. The monoisotopic (exact) mass is 685 g/mol. The van der Waals surface area contributed by atoms with Crippen LogP contribution in [-0.4, -0.2) is 28.9 Å². The van der Waals surface area contributed by atoms with Crippen LogP contribution in [-0.2, 0) is 14.4 Å². The van der Waals surface area contributed by atoms with Crippen molar-refractivity contribution < 1.29 is 19.2 Å². The van der Waals surface area contributed by atoms with Gasteiger partial charge in [-0.15, -0.1) is 11.8 Å². The van der Waals surface area contributed by atoms with Crippen LogP contribution in [0.3, 0.4) is 0 Å². The number of thioether (sulfide) groups is 1. The topological polar surface area (TPSA) is 120 Å². The summed E-state index contributed by atoms with van der Waals surface area (Å²) in [6.07, 6.45) is 1.60. The molecule has 1 atom stereocenters. The number of rotatable bonds is 10. The highest BCUT2D eigenvalue weighted by Crippen LogP contribution is 2.35. The van der Waals surface area contributed by atoms with Gasteiger partial charge in [0.2, 0.25) is 11.8 Å². The van der Waals surface area contributed by atoms with Gasteiger partial charge in [0.15, 0.2) is 0 Å². The summed E-state index contributed by atoms with van der Waals surface area (Å²) in [6, 6.07) is 38.5. The first-order chi connectivity index (χ1) is 23.8. The molecule has 49 heavy (non-hydrogen) atoms. The first-order valence-corrected chi connectivity index (χ1v) is 16.4. The van der Waals surface area contributed by atoms with E-state index in [1.54, 1.807) is 109 Å². The highest BCUT2D eigenvalue weighted by Gasteiger charge is 2.40. The standard InChI is InChI=1S/C38H28ClN5O4S/c39-27-11-7-8-25(22-27)23-33(41-36(46)26-9-3-1-4-10-26)37(47)40-28-16-20-32(21-17-28)49-34-24-35(45)44(38(34)48)31-18-14-30(15-19-31)43-42-29-12-5-2-6-13-29/h1-23,34H,24H2,(H,40,47)(H,41,46)/b33-23-,43-42?. The Labute approximate surface area is 291 Å². The summed E-state index contributed by atoms with van der Waals surface area (Å²) in [5.74, 6) is -1.58. The molecule has 0 spiro atoms. The molecule has 9 nitrogen and oxygen atoms in total. The van der Waals surface area contributed by atoms with Crippen molar-refractivity contribution in [2.75, 3.05) is 10.2 Å². The summed E-state index contributed by atoms with van der Waals surface area (Å²) in [6.45, 7) is 0. The maximum Gasteiger partial charge on any atom is 0.272 e. The number of halogens is 1. The number of azo groups is 1. The van der Waals surface area contributed by atoms with Gasteiger partial charge in [0.25, 0.3) is 11.8 Å². The molecule has 6 rings (SSSR count). The predicted molar refractivity (Wildman–Crippen MR) is 192 cm³/mol. The Morgan fingerprint density at radius 3 is 2.10 bits per heavy atom. The van der Waals surface area contributed by atoms with Crippen LogP contribution in [0.1, 0.15) is 22.3 Å². The number of nitrogens with one attached hydrogen (secondary N) is 2. The Balaban J connectivity index is 1.10. The fourth-order valence-corrected chi connectivity index (χ4v) is 6.18. The van der Waals surface area contributed by atoms with E-state index >= 15 is 0 Å². The van der Waals surface area contributed by atoms with Crippen LogP contribution in [0.25, 0.3) is 6.08 Å². The molecule has 1 saturated heterocycles. The van der Waals surface area contributed by atoms with Crippen molar-refractivity contribution in [1.29, 1.82) is 0 Å². The lowest BCUT2D eigenvalue weighted by Gasteiger charge is -2.15. The van der Waals surface area contributed by atoms with Gasteiger partial charge in [-0.25, -0.2) is 4.90 Å². The molecule has 1 aliphatic rings. The fraction of sp³-hybridized carbons (Fsp3) is 0.0526. The molecule has 4 amide bonds. The second-order valence-corrected chi connectivity index (χ2v) is 12.6. The molecule has 1 heterocycles. The number of imide groups is 1. The quantitative estimate of drug-likeness (QED) is 0.0867. The zero-order chi connectivity index (χ0) is 34.2. The van der Waals surface area contributed by atoms with Crippen molar-refractivity contribution >= 4 is 75.8 Å². The van der Waals surface area contributed by atoms with Gasteiger partial charge in [0.05, 0.1) is 22.3 Å². The number of carbonyl (C=O) groups excluding carboxylic acids is 4. The van der Waals surface area contributed by atoms with Crippen LogP contribution in [0.5, 0.6) is 0 Å². The largest absolute Gasteiger partial charge is 0.321 e. The van der Waals surface area contributed by atoms with Crippen molar-refractivity contribution in [1.82, 2.24) is 5.32 Å². The summed E-state index contributed by atoms with van der Waals surface area (Å²) in [5, 5.41) is 13.8. The molecule has 5 aromatic rings. The number of benzene rings is 5. The van der Waals surface area contributed by atoms with E-state index < -0.39 is 17.1 Å². The zero-order valence-electron chi connectivity index (χ0n) is 25.8. The number of nitrogens with zero attached hydrogens (tertiary/aromatic N) is 3. The van der Waals surface area contributed by atoms with E-state index in [-0.39, 0.29) is 23.9 Å². The highest BCUT2D eigenvalue weighted by atomic mass is 35.5. The van der Waals surface area contributed by atoms with Gasteiger partial charge in [-0.1, -0.05) is 60.1 Å². The minimum Gasteiger partial charge on any atom is -0.321 e. The third kappa shape index (κ3) is 8.55. The number of carbonyl (C=O) groups is 4. The van der Waals surface area contributed by atoms with E-state index in [0.29, 0.717) is 33.2 Å². The third-order valence-electron chi connectivity index (χ3n) is 7.33. The number of amides is 4. The molecule has 1 unspecified atom stereocenters. The van der Waals surface area contributed by atoms with E-state index in [9.17, 15) is 19.2 Å². The lowest BCUT2D eigenvalue weighted by atomic mass is 10.1. The van der Waals surface area contributed by atoms with Crippen LogP contribution in [0.4, 0.5) is 22.7 Å². The second-order valence-electron chi connectivity index (χ2n) is 10.8. The molecular weight excluding hydrogens is 658 g/mol. The van der Waals surface area contributed by atoms with Crippen LogP contribution in [0.2, 0.25) is 5.02 Å². The van der Waals surface area contributed by atoms with Gasteiger partial charge in [0, 0.05) is 27.6 Å². The molecule has 0 radical (unpaired) electrons. The van der Waals surface area contributed by atoms with E-state index in [2.05, 4.69) is 20.9 Å². The summed E-state index contributed by atoms with van der Waals surface area (Å²) < 4.78 is 0. The zero-order valence-corrected chi connectivity index (χ0v) is 27.4. The van der Waals surface area contributed by atoms with Crippen molar-refractivity contribution in [2.45, 2.75) is 16.6 Å². The molecule has 0 saturated carbocycles. The van der Waals surface area contributed by atoms with Crippen molar-refractivity contribution in [3.63, 3.8) is 0 Å². The van der Waals surface area contributed by atoms with Gasteiger partial charge in [-0.05, 0) is 96.6 Å². The van der Waals surface area contributed by atoms with Crippen molar-refractivity contribution in [2.24, 2.45) is 10.2 Å². The van der Waals surface area contributed by atoms with Crippen LogP contribution >= 0.6 is 23.4 Å². The minimum atomic E-state index is -0.606. The number of anilines is 2. The second kappa shape index (κ2) is 15.4. The molecular formula is C38H28ClN5O4S. The average molecular weight is 686 g/mol. The Bertz CT molecular complexity index is 2050. The molecule has 5 aromatic carbocycles. The number of hydrogen-bond donors (Lipinski definition) is 2. The van der Waals surface area contributed by atoms with Gasteiger partial charge < -0.3 is 10.6 Å². The van der Waals surface area contributed by atoms with Crippen LogP contribution < -0.4 is 15.5 Å². The Morgan fingerprint density at radius 1 is 0.776 bits per heavy atom. The molecule has 0 aromatic heterocycles. The lowest BCUT2D eigenvalue weighted by molar-refractivity contribution is -0.121. The summed E-state index contributed by atoms with van der Waals surface area (Å²) in [7, 11) is 0. The smallest absolute Gasteiger partial charge is 0.272 e. The lowest BCUT2D eigenvalue weighted by Crippen LogP contribution is -2.31. The van der Waals surface area contributed by atoms with E-state index in [1.807, 2.05) is 30.3 Å². The normalized spacial score (nSPS) is 14.7. The Hall–Kier alpha value is -5.84. The first kappa shape index (κ1) is 33.1. The molecule has 0 bridgehead atoms. The van der Waals surface area contributed by atoms with Crippen molar-refractivity contribution in [3.05, 3.63) is 155 Å². The van der Waals surface area contributed by atoms with Gasteiger partial charge >= 0.3 is 0 Å². The third-order valence-corrected chi connectivity index (χ3v) is 8.76. The molecule has 11 heteroatoms. The maximum absolute atomic E-state index is 13.4. The van der Waals surface area contributed by atoms with Crippen LogP contribution in [0, 0.1) is 0 Å². The SMILES string of the molecule is O=C(Nc1ccc(SC2CC(=O)N(c3ccc(N=Nc4ccccc4)cc3)C2=O)cc1)/C(=C/c1cccc(Cl)c1)NC(=O)c1ccccc1. The Morgan fingerprint density at radius 2 is 1.43 bits per heavy atom. The minimum absolute atomic E-state index is 0.0250. The number of hydrogen-bond acceptors (Lipinski definition) is 7. The molecule has 1 aliphatic heterocycles. The summed E-state index contributed by atoms with van der Waals surface area (Å²) >= 11 is 7.41. The Kier molecular flexibility index (Phi) is 10.4. The van der Waals surface area contributed by atoms with Gasteiger partial charge in [-0.3, -0.25) is 19.2 Å². The van der Waals surface area contributed by atoms with Gasteiger partial charge in [0.1, 0.15) is 5.70 Å². The molecule has 242 valence electrons. The fourth-order valence-electron chi connectivity index (χ4n) is 4.93. The molecule has 1 fully saturated rings. The van der Waals surface area contributed by atoms with E-state index in [4.69, 9.17) is 11.6 Å². The van der Waals surface area contributed by atoms with Crippen molar-refractivity contribution in [3.8, 4) is 0 Å². The average Bonchev–Trinajstić information content (AvgIpc) is 3.40. The summed E-state index contributed by atoms with van der Waals surface area (Å²) in [4.78, 5) is 54.4.